The number of hydrogen-bond donors (Lipinski definition) is 1. The van der Waals surface area contributed by atoms with Gasteiger partial charge in [0.25, 0.3) is 0 Å². The van der Waals surface area contributed by atoms with Crippen molar-refractivity contribution in [3.05, 3.63) is 71.3 Å². The van der Waals surface area contributed by atoms with Crippen LogP contribution in [-0.4, -0.2) is 0 Å². The molecule has 0 radical (unpaired) electrons. The fourth-order valence-electron chi connectivity index (χ4n) is 2.28. The highest BCUT2D eigenvalue weighted by Gasteiger charge is 2.23. The predicted octanol–water partition coefficient (Wildman–Crippen LogP) is 5.33. The van der Waals surface area contributed by atoms with Crippen LogP contribution in [0.2, 0.25) is 0 Å². The third-order valence-electron chi connectivity index (χ3n) is 3.59. The fraction of sp³-hybridized carbons (Fsp3) is 0.222. The van der Waals surface area contributed by atoms with Gasteiger partial charge in [-0.05, 0) is 35.7 Å². The van der Waals surface area contributed by atoms with Gasteiger partial charge in [0.05, 0.1) is 0 Å². The maximum atomic E-state index is 4.51. The highest BCUT2D eigenvalue weighted by molar-refractivity contribution is 7.80. The van der Waals surface area contributed by atoms with E-state index < -0.39 is 0 Å². The Balaban J connectivity index is 2.49. The Bertz CT molecular complexity index is 580. The van der Waals surface area contributed by atoms with Gasteiger partial charge in [0.15, 0.2) is 0 Å². The van der Waals surface area contributed by atoms with E-state index in [1.165, 1.54) is 16.7 Å². The highest BCUT2D eigenvalue weighted by atomic mass is 32.1. The molecule has 0 saturated heterocycles. The quantitative estimate of drug-likeness (QED) is 0.714. The minimum Gasteiger partial charge on any atom is -0.143 e. The van der Waals surface area contributed by atoms with Crippen molar-refractivity contribution in [2.24, 2.45) is 0 Å². The summed E-state index contributed by atoms with van der Waals surface area (Å²) in [4.78, 5) is 1.02. The van der Waals surface area contributed by atoms with Crippen LogP contribution in [0.3, 0.4) is 0 Å². The Kier molecular flexibility index (Phi) is 4.16. The van der Waals surface area contributed by atoms with E-state index in [-0.39, 0.29) is 5.41 Å². The highest BCUT2D eigenvalue weighted by Crippen LogP contribution is 2.33. The topological polar surface area (TPSA) is 0 Å². The van der Waals surface area contributed by atoms with E-state index in [1.54, 1.807) is 0 Å². The van der Waals surface area contributed by atoms with Crippen LogP contribution in [0, 0.1) is 0 Å². The van der Waals surface area contributed by atoms with Crippen molar-refractivity contribution in [2.75, 3.05) is 0 Å². The van der Waals surface area contributed by atoms with E-state index in [9.17, 15) is 0 Å². The SMILES string of the molecule is C/C=C\c1cc(C(C)(C)c2ccccc2)ccc1S. The molecule has 2 aromatic carbocycles. The molecule has 0 N–H and O–H groups in total. The molecule has 0 heterocycles. The Morgan fingerprint density at radius 3 is 2.26 bits per heavy atom. The zero-order valence-corrected chi connectivity index (χ0v) is 12.6. The van der Waals surface area contributed by atoms with Crippen molar-refractivity contribution in [2.45, 2.75) is 31.1 Å². The summed E-state index contributed by atoms with van der Waals surface area (Å²) in [6.07, 6.45) is 4.15. The summed E-state index contributed by atoms with van der Waals surface area (Å²) >= 11 is 4.51. The zero-order valence-electron chi connectivity index (χ0n) is 11.7. The van der Waals surface area contributed by atoms with E-state index in [0.717, 1.165) is 4.90 Å². The first-order valence-corrected chi connectivity index (χ1v) is 7.02. The summed E-state index contributed by atoms with van der Waals surface area (Å²) in [5.41, 5.74) is 3.81. The number of rotatable bonds is 3. The van der Waals surface area contributed by atoms with Gasteiger partial charge in [-0.3, -0.25) is 0 Å². The summed E-state index contributed by atoms with van der Waals surface area (Å²) in [5.74, 6) is 0. The van der Waals surface area contributed by atoms with Gasteiger partial charge in [-0.15, -0.1) is 12.6 Å². The van der Waals surface area contributed by atoms with Crippen LogP contribution in [0.5, 0.6) is 0 Å². The normalized spacial score (nSPS) is 12.0. The molecule has 2 aromatic rings. The standard InChI is InChI=1S/C18H20S/c1-4-8-14-13-16(11-12-17(14)19)18(2,3)15-9-6-5-7-10-15/h4-13,19H,1-3H3/b8-4-. The maximum absolute atomic E-state index is 4.51. The first-order valence-electron chi connectivity index (χ1n) is 6.57. The van der Waals surface area contributed by atoms with Gasteiger partial charge in [-0.2, -0.15) is 0 Å². The van der Waals surface area contributed by atoms with Crippen LogP contribution >= 0.6 is 12.6 Å². The Morgan fingerprint density at radius 2 is 1.63 bits per heavy atom. The molecule has 0 unspecified atom stereocenters. The molecule has 0 aliphatic heterocycles. The summed E-state index contributed by atoms with van der Waals surface area (Å²) in [7, 11) is 0. The molecule has 98 valence electrons. The summed E-state index contributed by atoms with van der Waals surface area (Å²) in [6, 6.07) is 17.1. The van der Waals surface area contributed by atoms with Crippen molar-refractivity contribution >= 4 is 18.7 Å². The average molecular weight is 268 g/mol. The molecule has 19 heavy (non-hydrogen) atoms. The molecule has 0 aliphatic carbocycles. The number of benzene rings is 2. The second kappa shape index (κ2) is 5.66. The second-order valence-electron chi connectivity index (χ2n) is 5.26. The molecule has 0 amide bonds. The number of hydrogen-bond acceptors (Lipinski definition) is 1. The van der Waals surface area contributed by atoms with Crippen LogP contribution in [0.4, 0.5) is 0 Å². The molecule has 2 rings (SSSR count). The number of thiol groups is 1. The van der Waals surface area contributed by atoms with Gasteiger partial charge in [-0.25, -0.2) is 0 Å². The smallest absolute Gasteiger partial charge is 0.0146 e. The van der Waals surface area contributed by atoms with E-state index in [0.29, 0.717) is 0 Å². The van der Waals surface area contributed by atoms with Gasteiger partial charge in [0.1, 0.15) is 0 Å². The predicted molar refractivity (Wildman–Crippen MR) is 87.0 cm³/mol. The lowest BCUT2D eigenvalue weighted by atomic mass is 9.78. The summed E-state index contributed by atoms with van der Waals surface area (Å²) in [6.45, 7) is 6.55. The lowest BCUT2D eigenvalue weighted by Gasteiger charge is -2.26. The lowest BCUT2D eigenvalue weighted by Crippen LogP contribution is -2.18. The molecule has 0 fully saturated rings. The first kappa shape index (κ1) is 14.0. The van der Waals surface area contributed by atoms with Crippen LogP contribution in [0.15, 0.2) is 59.5 Å². The van der Waals surface area contributed by atoms with Crippen molar-refractivity contribution in [3.8, 4) is 0 Å². The molecule has 0 atom stereocenters. The van der Waals surface area contributed by atoms with Crippen LogP contribution in [0.1, 0.15) is 37.5 Å². The number of allylic oxidation sites excluding steroid dienone is 1. The van der Waals surface area contributed by atoms with E-state index >= 15 is 0 Å². The second-order valence-corrected chi connectivity index (χ2v) is 5.75. The largest absolute Gasteiger partial charge is 0.143 e. The Hall–Kier alpha value is -1.47. The van der Waals surface area contributed by atoms with Gasteiger partial charge in [-0.1, -0.05) is 62.4 Å². The van der Waals surface area contributed by atoms with Crippen molar-refractivity contribution in [3.63, 3.8) is 0 Å². The van der Waals surface area contributed by atoms with Crippen LogP contribution in [-0.2, 0) is 5.41 Å². The molecule has 0 aromatic heterocycles. The first-order chi connectivity index (χ1) is 9.05. The molecule has 0 saturated carbocycles. The minimum absolute atomic E-state index is 0.000923. The fourth-order valence-corrected chi connectivity index (χ4v) is 2.49. The summed E-state index contributed by atoms with van der Waals surface area (Å²) < 4.78 is 0. The minimum atomic E-state index is -0.000923. The average Bonchev–Trinajstić information content (AvgIpc) is 2.42. The third kappa shape index (κ3) is 2.93. The molecule has 1 heteroatoms. The zero-order chi connectivity index (χ0) is 13.9. The Labute approximate surface area is 121 Å². The lowest BCUT2D eigenvalue weighted by molar-refractivity contribution is 0.640. The molecular formula is C18H20S. The van der Waals surface area contributed by atoms with Crippen molar-refractivity contribution in [1.29, 1.82) is 0 Å². The molecule has 0 aliphatic rings. The van der Waals surface area contributed by atoms with Crippen molar-refractivity contribution in [1.82, 2.24) is 0 Å². The maximum Gasteiger partial charge on any atom is 0.0146 e. The van der Waals surface area contributed by atoms with Crippen LogP contribution < -0.4 is 0 Å². The van der Waals surface area contributed by atoms with Gasteiger partial charge in [0, 0.05) is 10.3 Å². The third-order valence-corrected chi connectivity index (χ3v) is 4.00. The Morgan fingerprint density at radius 1 is 0.947 bits per heavy atom. The summed E-state index contributed by atoms with van der Waals surface area (Å²) in [5, 5.41) is 0. The molecular weight excluding hydrogens is 248 g/mol. The van der Waals surface area contributed by atoms with Gasteiger partial charge < -0.3 is 0 Å². The van der Waals surface area contributed by atoms with Crippen LogP contribution in [0.25, 0.3) is 6.08 Å². The molecule has 0 bridgehead atoms. The molecule has 0 spiro atoms. The van der Waals surface area contributed by atoms with E-state index in [4.69, 9.17) is 0 Å². The molecule has 0 nitrogen and oxygen atoms in total. The van der Waals surface area contributed by atoms with Gasteiger partial charge >= 0.3 is 0 Å². The van der Waals surface area contributed by atoms with E-state index in [1.807, 2.05) is 13.0 Å². The van der Waals surface area contributed by atoms with Gasteiger partial charge in [0.2, 0.25) is 0 Å². The monoisotopic (exact) mass is 268 g/mol. The van der Waals surface area contributed by atoms with E-state index in [2.05, 4.69) is 81.1 Å². The van der Waals surface area contributed by atoms with Crippen molar-refractivity contribution < 1.29 is 0 Å².